The first-order chi connectivity index (χ1) is 17.0. The number of urea groups is 1. The van der Waals surface area contributed by atoms with Crippen LogP contribution in [0.25, 0.3) is 0 Å². The molecule has 2 heterocycles. The van der Waals surface area contributed by atoms with E-state index < -0.39 is 17.4 Å². The zero-order valence-corrected chi connectivity index (χ0v) is 20.3. The second-order valence-corrected chi connectivity index (χ2v) is 9.37. The highest BCUT2D eigenvalue weighted by atomic mass is 35.5. The number of amides is 4. The van der Waals surface area contributed by atoms with E-state index in [4.69, 9.17) is 11.6 Å². The molecule has 0 aliphatic carbocycles. The molecule has 0 saturated carbocycles. The maximum absolute atomic E-state index is 12.9. The summed E-state index contributed by atoms with van der Waals surface area (Å²) in [5.41, 5.74) is -2.91. The van der Waals surface area contributed by atoms with Gasteiger partial charge in [-0.05, 0) is 78.0 Å². The largest absolute Gasteiger partial charge is 0.446 e. The number of imide groups is 1. The van der Waals surface area contributed by atoms with Crippen LogP contribution in [-0.4, -0.2) is 46.8 Å². The summed E-state index contributed by atoms with van der Waals surface area (Å²) in [5.74, 6) is -0.884. The highest BCUT2D eigenvalue weighted by Crippen LogP contribution is 2.37. The molecule has 1 aliphatic rings. The zero-order valence-electron chi connectivity index (χ0n) is 18.7. The molecular weight excluding hydrogens is 517 g/mol. The lowest BCUT2D eigenvalue weighted by Gasteiger charge is -2.19. The van der Waals surface area contributed by atoms with Gasteiger partial charge >= 0.3 is 11.5 Å². The van der Waals surface area contributed by atoms with Crippen LogP contribution in [0.3, 0.4) is 0 Å². The summed E-state index contributed by atoms with van der Waals surface area (Å²) in [4.78, 5) is 46.1. The molecule has 3 aromatic rings. The normalized spacial score (nSPS) is 13.9. The number of hydrogen-bond acceptors (Lipinski definition) is 5. The molecule has 0 atom stereocenters. The minimum atomic E-state index is -4.44. The van der Waals surface area contributed by atoms with Crippen LogP contribution in [0.1, 0.15) is 16.1 Å². The minimum Gasteiger partial charge on any atom is -0.310 e. The van der Waals surface area contributed by atoms with E-state index in [-0.39, 0.29) is 47.0 Å². The van der Waals surface area contributed by atoms with Crippen LogP contribution in [-0.2, 0) is 11.3 Å². The molecule has 1 saturated heterocycles. The third-order valence-corrected chi connectivity index (χ3v) is 6.29. The molecular formula is C24H18ClF3N4O3S. The number of carbonyl (C=O) groups is 3. The SMILES string of the molecule is CN(C(=O)c1cc(CN2CC(=O)N(c3ccc(SC(F)(F)F)cc3)C2=O)ccn1)c1ccc(Cl)cc1. The van der Waals surface area contributed by atoms with Crippen molar-refractivity contribution in [2.75, 3.05) is 23.4 Å². The van der Waals surface area contributed by atoms with Gasteiger partial charge in [-0.15, -0.1) is 0 Å². The van der Waals surface area contributed by atoms with Gasteiger partial charge in [-0.1, -0.05) is 11.6 Å². The maximum atomic E-state index is 12.9. The van der Waals surface area contributed by atoms with Crippen molar-refractivity contribution in [3.8, 4) is 0 Å². The molecule has 7 nitrogen and oxygen atoms in total. The Labute approximate surface area is 213 Å². The summed E-state index contributed by atoms with van der Waals surface area (Å²) in [6.45, 7) is -0.176. The Balaban J connectivity index is 1.46. The number of alkyl halides is 3. The van der Waals surface area contributed by atoms with Gasteiger partial charge in [0.15, 0.2) is 0 Å². The van der Waals surface area contributed by atoms with Crippen molar-refractivity contribution >= 4 is 52.6 Å². The lowest BCUT2D eigenvalue weighted by atomic mass is 10.2. The lowest BCUT2D eigenvalue weighted by Crippen LogP contribution is -2.33. The first kappa shape index (κ1) is 25.5. The van der Waals surface area contributed by atoms with Crippen LogP contribution >= 0.6 is 23.4 Å². The van der Waals surface area contributed by atoms with Gasteiger partial charge in [0.05, 0.1) is 5.69 Å². The van der Waals surface area contributed by atoms with Crippen LogP contribution in [0.2, 0.25) is 5.02 Å². The van der Waals surface area contributed by atoms with E-state index in [0.29, 0.717) is 16.3 Å². The fourth-order valence-corrected chi connectivity index (χ4v) is 4.25. The first-order valence-electron chi connectivity index (χ1n) is 10.5. The van der Waals surface area contributed by atoms with Crippen molar-refractivity contribution in [3.05, 3.63) is 83.1 Å². The Morgan fingerprint density at radius 1 is 1.08 bits per heavy atom. The molecule has 0 N–H and O–H groups in total. The second-order valence-electron chi connectivity index (χ2n) is 7.80. The molecule has 1 aliphatic heterocycles. The Hall–Kier alpha value is -3.57. The highest BCUT2D eigenvalue weighted by Gasteiger charge is 2.37. The van der Waals surface area contributed by atoms with Crippen LogP contribution in [0.15, 0.2) is 71.8 Å². The molecule has 1 aromatic heterocycles. The van der Waals surface area contributed by atoms with Gasteiger partial charge in [0.1, 0.15) is 12.2 Å². The molecule has 0 radical (unpaired) electrons. The monoisotopic (exact) mass is 534 g/mol. The predicted molar refractivity (Wildman–Crippen MR) is 130 cm³/mol. The fourth-order valence-electron chi connectivity index (χ4n) is 3.59. The number of benzene rings is 2. The third-order valence-electron chi connectivity index (χ3n) is 5.30. The van der Waals surface area contributed by atoms with Crippen LogP contribution in [0.4, 0.5) is 29.3 Å². The van der Waals surface area contributed by atoms with Crippen LogP contribution in [0, 0.1) is 0 Å². The van der Waals surface area contributed by atoms with Gasteiger partial charge in [0.2, 0.25) is 0 Å². The molecule has 1 fully saturated rings. The van der Waals surface area contributed by atoms with Gasteiger partial charge in [-0.25, -0.2) is 9.69 Å². The highest BCUT2D eigenvalue weighted by molar-refractivity contribution is 8.00. The number of hydrogen-bond donors (Lipinski definition) is 0. The molecule has 36 heavy (non-hydrogen) atoms. The van der Waals surface area contributed by atoms with Crippen LogP contribution in [0.5, 0.6) is 0 Å². The van der Waals surface area contributed by atoms with Gasteiger partial charge in [0.25, 0.3) is 11.8 Å². The maximum Gasteiger partial charge on any atom is 0.446 e. The van der Waals surface area contributed by atoms with Crippen molar-refractivity contribution in [2.24, 2.45) is 0 Å². The molecule has 0 spiro atoms. The number of aromatic nitrogens is 1. The minimum absolute atomic E-state index is 0.0382. The van der Waals surface area contributed by atoms with Gasteiger partial charge in [-0.2, -0.15) is 13.2 Å². The standard InChI is InChI=1S/C24H18ClF3N4O3S/c1-30(17-4-2-16(25)3-5-17)22(34)20-12-15(10-11-29-20)13-31-14-21(33)32(23(31)35)18-6-8-19(9-7-18)36-24(26,27)28/h2-12H,13-14H2,1H3. The molecule has 186 valence electrons. The molecule has 0 unspecified atom stereocenters. The summed E-state index contributed by atoms with van der Waals surface area (Å²) in [5, 5.41) is 0.537. The number of pyridine rings is 1. The van der Waals surface area contributed by atoms with E-state index in [9.17, 15) is 27.6 Å². The number of thioether (sulfide) groups is 1. The van der Waals surface area contributed by atoms with Crippen molar-refractivity contribution in [2.45, 2.75) is 16.9 Å². The molecule has 12 heteroatoms. The van der Waals surface area contributed by atoms with Crippen molar-refractivity contribution in [3.63, 3.8) is 0 Å². The second kappa shape index (κ2) is 10.2. The molecule has 2 aromatic carbocycles. The molecule has 0 bridgehead atoms. The molecule has 4 rings (SSSR count). The zero-order chi connectivity index (χ0) is 26.0. The smallest absolute Gasteiger partial charge is 0.310 e. The number of halogens is 4. The van der Waals surface area contributed by atoms with E-state index in [1.54, 1.807) is 43.4 Å². The van der Waals surface area contributed by atoms with Crippen molar-refractivity contribution in [1.29, 1.82) is 0 Å². The summed E-state index contributed by atoms with van der Waals surface area (Å²) >= 11 is 5.62. The molecule has 4 amide bonds. The average molecular weight is 535 g/mol. The Morgan fingerprint density at radius 2 is 1.75 bits per heavy atom. The van der Waals surface area contributed by atoms with E-state index in [0.717, 1.165) is 4.90 Å². The quantitative estimate of drug-likeness (QED) is 0.304. The van der Waals surface area contributed by atoms with Gasteiger partial charge < -0.3 is 9.80 Å². The van der Waals surface area contributed by atoms with E-state index in [1.807, 2.05) is 0 Å². The Morgan fingerprint density at radius 3 is 2.39 bits per heavy atom. The number of rotatable bonds is 6. The van der Waals surface area contributed by atoms with Crippen LogP contribution < -0.4 is 9.80 Å². The van der Waals surface area contributed by atoms with Crippen molar-refractivity contribution in [1.82, 2.24) is 9.88 Å². The summed E-state index contributed by atoms with van der Waals surface area (Å²) in [6, 6.07) is 14.3. The fraction of sp³-hybridized carbons (Fsp3) is 0.167. The van der Waals surface area contributed by atoms with Gasteiger partial charge in [0, 0.05) is 35.4 Å². The summed E-state index contributed by atoms with van der Waals surface area (Å²) in [6.07, 6.45) is 1.44. The lowest BCUT2D eigenvalue weighted by molar-refractivity contribution is -0.116. The third kappa shape index (κ3) is 5.80. The first-order valence-corrected chi connectivity index (χ1v) is 11.7. The topological polar surface area (TPSA) is 73.8 Å². The van der Waals surface area contributed by atoms with E-state index >= 15 is 0 Å². The van der Waals surface area contributed by atoms with Crippen molar-refractivity contribution < 1.29 is 27.6 Å². The Bertz CT molecular complexity index is 1300. The van der Waals surface area contributed by atoms with E-state index in [2.05, 4.69) is 4.98 Å². The summed E-state index contributed by atoms with van der Waals surface area (Å²) < 4.78 is 37.7. The van der Waals surface area contributed by atoms with Gasteiger partial charge in [-0.3, -0.25) is 14.6 Å². The Kier molecular flexibility index (Phi) is 7.23. The number of nitrogens with zero attached hydrogens (tertiary/aromatic N) is 4. The predicted octanol–water partition coefficient (Wildman–Crippen LogP) is 5.59. The average Bonchev–Trinajstić information content (AvgIpc) is 3.11. The number of carbonyl (C=O) groups excluding carboxylic acids is 3. The summed E-state index contributed by atoms with van der Waals surface area (Å²) in [7, 11) is 1.60. The van der Waals surface area contributed by atoms with E-state index in [1.165, 1.54) is 40.3 Å². The number of anilines is 2.